The fraction of sp³-hybridized carbons (Fsp3) is 0.526. The minimum atomic E-state index is -0.242. The van der Waals surface area contributed by atoms with Gasteiger partial charge in [0.05, 0.1) is 6.61 Å². The van der Waals surface area contributed by atoms with Crippen molar-refractivity contribution in [1.82, 2.24) is 19.6 Å². The number of piperazine rings is 1. The van der Waals surface area contributed by atoms with E-state index in [2.05, 4.69) is 36.4 Å². The molecule has 7 nitrogen and oxygen atoms in total. The lowest BCUT2D eigenvalue weighted by atomic mass is 10.1. The molecule has 0 unspecified atom stereocenters. The summed E-state index contributed by atoms with van der Waals surface area (Å²) in [6.07, 6.45) is 0.864. The third kappa shape index (κ3) is 4.96. The van der Waals surface area contributed by atoms with E-state index >= 15 is 0 Å². The number of hydrogen-bond acceptors (Lipinski definition) is 6. The van der Waals surface area contributed by atoms with Crippen molar-refractivity contribution in [1.29, 1.82) is 0 Å². The van der Waals surface area contributed by atoms with E-state index < -0.39 is 0 Å². The van der Waals surface area contributed by atoms with E-state index in [9.17, 15) is 4.39 Å². The van der Waals surface area contributed by atoms with Crippen molar-refractivity contribution in [3.8, 4) is 0 Å². The van der Waals surface area contributed by atoms with E-state index in [0.717, 1.165) is 55.1 Å². The van der Waals surface area contributed by atoms with Crippen molar-refractivity contribution in [2.45, 2.75) is 26.5 Å². The zero-order chi connectivity index (χ0) is 19.9. The van der Waals surface area contributed by atoms with Crippen LogP contribution in [0.3, 0.4) is 0 Å². The number of nitrogens with one attached hydrogen (secondary N) is 1. The molecule has 152 valence electrons. The molecule has 0 saturated carbocycles. The summed E-state index contributed by atoms with van der Waals surface area (Å²) < 4.78 is 23.2. The number of anilines is 1. The molecule has 1 N–H and O–H groups in total. The number of rotatable bonds is 6. The van der Waals surface area contributed by atoms with Crippen molar-refractivity contribution < 1.29 is 9.13 Å². The van der Waals surface area contributed by atoms with Crippen LogP contribution in [0.2, 0.25) is 0 Å². The van der Waals surface area contributed by atoms with Crippen LogP contribution < -0.4 is 10.2 Å². The van der Waals surface area contributed by atoms with Crippen LogP contribution in [0.5, 0.6) is 0 Å². The summed E-state index contributed by atoms with van der Waals surface area (Å²) in [5.74, 6) is 1.52. The number of guanidine groups is 1. The Morgan fingerprint density at radius 3 is 2.75 bits per heavy atom. The molecule has 1 aromatic heterocycles. The molecule has 0 amide bonds. The Hall–Kier alpha value is -2.26. The van der Waals surface area contributed by atoms with Gasteiger partial charge in [-0.2, -0.15) is 4.37 Å². The van der Waals surface area contributed by atoms with Crippen molar-refractivity contribution in [2.75, 3.05) is 45.2 Å². The lowest BCUT2D eigenvalue weighted by Crippen LogP contribution is -2.52. The number of ether oxygens (including phenoxy) is 1. The first-order chi connectivity index (χ1) is 13.6. The predicted octanol–water partition coefficient (Wildman–Crippen LogP) is 2.28. The molecule has 3 rings (SSSR count). The molecule has 0 bridgehead atoms. The highest BCUT2D eigenvalue weighted by molar-refractivity contribution is 7.09. The van der Waals surface area contributed by atoms with Gasteiger partial charge < -0.3 is 19.9 Å². The topological polar surface area (TPSA) is 65.9 Å². The van der Waals surface area contributed by atoms with Crippen LogP contribution in [-0.2, 0) is 24.3 Å². The van der Waals surface area contributed by atoms with E-state index in [1.165, 1.54) is 17.6 Å². The van der Waals surface area contributed by atoms with Crippen molar-refractivity contribution in [3.63, 3.8) is 0 Å². The maximum atomic E-state index is 13.8. The van der Waals surface area contributed by atoms with Crippen LogP contribution in [0.15, 0.2) is 23.2 Å². The maximum absolute atomic E-state index is 13.8. The summed E-state index contributed by atoms with van der Waals surface area (Å²) in [5, 5.41) is 4.38. The van der Waals surface area contributed by atoms with Gasteiger partial charge in [-0.15, -0.1) is 0 Å². The third-order valence-corrected chi connectivity index (χ3v) is 5.51. The molecule has 1 aromatic carbocycles. The van der Waals surface area contributed by atoms with E-state index in [0.29, 0.717) is 12.1 Å². The Kier molecular flexibility index (Phi) is 7.16. The average Bonchev–Trinajstić information content (AvgIpc) is 3.21. The van der Waals surface area contributed by atoms with Gasteiger partial charge in [-0.05, 0) is 17.7 Å². The molecule has 9 heteroatoms. The summed E-state index contributed by atoms with van der Waals surface area (Å²) in [4.78, 5) is 13.5. The van der Waals surface area contributed by atoms with Gasteiger partial charge in [-0.3, -0.25) is 4.99 Å². The second-order valence-corrected chi connectivity index (χ2v) is 7.31. The number of nitrogens with zero attached hydrogens (tertiary/aromatic N) is 5. The summed E-state index contributed by atoms with van der Waals surface area (Å²) in [6.45, 7) is 6.40. The van der Waals surface area contributed by atoms with E-state index in [1.807, 2.05) is 6.07 Å². The van der Waals surface area contributed by atoms with E-state index in [-0.39, 0.29) is 12.4 Å². The first-order valence-electron chi connectivity index (χ1n) is 9.44. The Balaban J connectivity index is 1.54. The van der Waals surface area contributed by atoms with Gasteiger partial charge in [-0.25, -0.2) is 9.37 Å². The van der Waals surface area contributed by atoms with Gasteiger partial charge in [0, 0.05) is 70.4 Å². The summed E-state index contributed by atoms with van der Waals surface area (Å²) in [6, 6.07) is 5.10. The Bertz CT molecular complexity index is 803. The zero-order valence-corrected chi connectivity index (χ0v) is 17.4. The van der Waals surface area contributed by atoms with Gasteiger partial charge in [-0.1, -0.05) is 13.0 Å². The molecule has 1 fully saturated rings. The molecule has 0 radical (unpaired) electrons. The number of hydrogen-bond donors (Lipinski definition) is 1. The highest BCUT2D eigenvalue weighted by Gasteiger charge is 2.22. The van der Waals surface area contributed by atoms with Crippen molar-refractivity contribution in [3.05, 3.63) is 41.0 Å². The SMILES string of the molecule is CCc1nsc(N2CCN(C(=NC)NCc3ccc(F)c(COC)c3)CC2)n1. The fourth-order valence-electron chi connectivity index (χ4n) is 3.14. The molecular weight excluding hydrogens is 379 g/mol. The van der Waals surface area contributed by atoms with Crippen LogP contribution in [0.1, 0.15) is 23.9 Å². The van der Waals surface area contributed by atoms with Gasteiger partial charge in [0.25, 0.3) is 0 Å². The second kappa shape index (κ2) is 9.79. The first-order valence-corrected chi connectivity index (χ1v) is 10.2. The molecule has 2 heterocycles. The monoisotopic (exact) mass is 406 g/mol. The lowest BCUT2D eigenvalue weighted by molar-refractivity contribution is 0.181. The van der Waals surface area contributed by atoms with Crippen molar-refractivity contribution in [2.24, 2.45) is 4.99 Å². The largest absolute Gasteiger partial charge is 0.380 e. The van der Waals surface area contributed by atoms with Gasteiger partial charge in [0.2, 0.25) is 5.13 Å². The van der Waals surface area contributed by atoms with Crippen LogP contribution >= 0.6 is 11.5 Å². The minimum absolute atomic E-state index is 0.242. The fourth-order valence-corrected chi connectivity index (χ4v) is 3.95. The van der Waals surface area contributed by atoms with Crippen LogP contribution in [0, 0.1) is 5.82 Å². The smallest absolute Gasteiger partial charge is 0.205 e. The zero-order valence-electron chi connectivity index (χ0n) is 16.6. The maximum Gasteiger partial charge on any atom is 0.205 e. The van der Waals surface area contributed by atoms with Crippen LogP contribution in [-0.4, -0.2) is 60.6 Å². The average molecular weight is 407 g/mol. The minimum Gasteiger partial charge on any atom is -0.380 e. The molecule has 2 aromatic rings. The number of aliphatic imine (C=N–C) groups is 1. The summed E-state index contributed by atoms with van der Waals surface area (Å²) in [5.41, 5.74) is 1.56. The van der Waals surface area contributed by atoms with Crippen molar-refractivity contribution >= 4 is 22.6 Å². The predicted molar refractivity (Wildman–Crippen MR) is 110 cm³/mol. The van der Waals surface area contributed by atoms with Gasteiger partial charge in [0.1, 0.15) is 11.6 Å². The summed E-state index contributed by atoms with van der Waals surface area (Å²) >= 11 is 1.47. The molecule has 0 spiro atoms. The first kappa shape index (κ1) is 20.5. The molecular formula is C19H27FN6OS. The Morgan fingerprint density at radius 1 is 1.32 bits per heavy atom. The number of halogens is 1. The number of aryl methyl sites for hydroxylation is 1. The second-order valence-electron chi connectivity index (χ2n) is 6.58. The normalized spacial score (nSPS) is 15.2. The standard InChI is InChI=1S/C19H27FN6OS/c1-4-17-23-19(28-24-17)26-9-7-25(8-10-26)18(21-2)22-12-14-5-6-16(20)15(11-14)13-27-3/h5-6,11H,4,7-10,12-13H2,1-3H3,(H,21,22). The molecule has 28 heavy (non-hydrogen) atoms. The quantitative estimate of drug-likeness (QED) is 0.587. The number of methoxy groups -OCH3 is 1. The summed E-state index contributed by atoms with van der Waals surface area (Å²) in [7, 11) is 3.35. The number of aromatic nitrogens is 2. The Labute approximate surface area is 169 Å². The molecule has 1 aliphatic rings. The van der Waals surface area contributed by atoms with Crippen LogP contribution in [0.4, 0.5) is 9.52 Å². The highest BCUT2D eigenvalue weighted by Crippen LogP contribution is 2.19. The molecule has 0 atom stereocenters. The molecule has 1 saturated heterocycles. The highest BCUT2D eigenvalue weighted by atomic mass is 32.1. The lowest BCUT2D eigenvalue weighted by Gasteiger charge is -2.36. The third-order valence-electron chi connectivity index (χ3n) is 4.70. The van der Waals surface area contributed by atoms with Crippen LogP contribution in [0.25, 0.3) is 0 Å². The van der Waals surface area contributed by atoms with Gasteiger partial charge in [0.15, 0.2) is 5.96 Å². The molecule has 1 aliphatic heterocycles. The van der Waals surface area contributed by atoms with E-state index in [4.69, 9.17) is 4.74 Å². The number of benzene rings is 1. The van der Waals surface area contributed by atoms with E-state index in [1.54, 1.807) is 20.2 Å². The molecule has 0 aliphatic carbocycles. The van der Waals surface area contributed by atoms with Gasteiger partial charge >= 0.3 is 0 Å². The Morgan fingerprint density at radius 2 is 2.11 bits per heavy atom.